The first-order valence-corrected chi connectivity index (χ1v) is 11.6. The number of aliphatic carboxylic acids is 1. The summed E-state index contributed by atoms with van der Waals surface area (Å²) in [6, 6.07) is 11.7. The monoisotopic (exact) mass is 462 g/mol. The zero-order valence-electron chi connectivity index (χ0n) is 21.2. The van der Waals surface area contributed by atoms with Gasteiger partial charge in [0, 0.05) is 22.3 Å². The largest absolute Gasteiger partial charge is 0.481 e. The number of nitrogens with zero attached hydrogens (tertiary/aromatic N) is 2. The van der Waals surface area contributed by atoms with Crippen LogP contribution in [0.15, 0.2) is 46.4 Å². The van der Waals surface area contributed by atoms with Gasteiger partial charge in [-0.2, -0.15) is 0 Å². The molecule has 0 atom stereocenters. The van der Waals surface area contributed by atoms with E-state index in [0.29, 0.717) is 13.0 Å². The molecule has 0 radical (unpaired) electrons. The quantitative estimate of drug-likeness (QED) is 0.563. The molecular weight excluding hydrogens is 428 g/mol. The number of carbonyl (C=O) groups is 2. The van der Waals surface area contributed by atoms with Crippen molar-refractivity contribution in [1.82, 2.24) is 0 Å². The van der Waals surface area contributed by atoms with Gasteiger partial charge >= 0.3 is 11.9 Å². The van der Waals surface area contributed by atoms with Crippen molar-refractivity contribution in [2.75, 3.05) is 6.61 Å². The lowest BCUT2D eigenvalue weighted by atomic mass is 9.81. The number of hydrogen-bond acceptors (Lipinski definition) is 5. The smallest absolute Gasteiger partial charge is 0.310 e. The predicted octanol–water partition coefficient (Wildman–Crippen LogP) is 5.87. The van der Waals surface area contributed by atoms with Gasteiger partial charge in [0.15, 0.2) is 0 Å². The summed E-state index contributed by atoms with van der Waals surface area (Å²) >= 11 is 0. The fourth-order valence-electron chi connectivity index (χ4n) is 4.17. The molecule has 34 heavy (non-hydrogen) atoms. The molecule has 1 N–H and O–H groups in total. The minimum absolute atomic E-state index is 0.0417. The molecule has 0 saturated heterocycles. The maximum atomic E-state index is 11.5. The Morgan fingerprint density at radius 1 is 0.824 bits per heavy atom. The third kappa shape index (κ3) is 5.11. The lowest BCUT2D eigenvalue weighted by Gasteiger charge is -2.20. The molecule has 0 bridgehead atoms. The molecule has 0 unspecified atom stereocenters. The van der Waals surface area contributed by atoms with E-state index in [0.717, 1.165) is 39.5 Å². The van der Waals surface area contributed by atoms with Gasteiger partial charge in [-0.3, -0.25) is 19.6 Å². The van der Waals surface area contributed by atoms with E-state index in [9.17, 15) is 9.59 Å². The van der Waals surface area contributed by atoms with Crippen molar-refractivity contribution >= 4 is 34.7 Å². The van der Waals surface area contributed by atoms with Crippen molar-refractivity contribution in [2.45, 2.75) is 72.1 Å². The molecule has 4 rings (SSSR count). The van der Waals surface area contributed by atoms with Gasteiger partial charge in [0.25, 0.3) is 0 Å². The number of esters is 1. The van der Waals surface area contributed by atoms with Crippen LogP contribution >= 0.6 is 0 Å². The van der Waals surface area contributed by atoms with Gasteiger partial charge in [0.2, 0.25) is 0 Å². The van der Waals surface area contributed by atoms with Crippen LogP contribution in [0.25, 0.3) is 0 Å². The Morgan fingerprint density at radius 3 is 1.68 bits per heavy atom. The van der Waals surface area contributed by atoms with Crippen molar-refractivity contribution in [3.63, 3.8) is 0 Å². The van der Waals surface area contributed by atoms with Crippen LogP contribution < -0.4 is 0 Å². The molecule has 0 saturated carbocycles. The zero-order valence-corrected chi connectivity index (χ0v) is 21.2. The predicted molar refractivity (Wildman–Crippen MR) is 136 cm³/mol. The minimum Gasteiger partial charge on any atom is -0.481 e. The topological polar surface area (TPSA) is 88.3 Å². The van der Waals surface area contributed by atoms with Crippen molar-refractivity contribution < 1.29 is 19.4 Å². The number of aliphatic imine (C=N–C) groups is 2. The van der Waals surface area contributed by atoms with E-state index in [1.165, 1.54) is 5.56 Å². The number of carboxylic acids is 1. The molecule has 6 nitrogen and oxygen atoms in total. The third-order valence-corrected chi connectivity index (χ3v) is 6.86. The number of benzene rings is 2. The van der Waals surface area contributed by atoms with Gasteiger partial charge in [0.05, 0.1) is 30.8 Å². The molecule has 2 aliphatic heterocycles. The van der Waals surface area contributed by atoms with Crippen LogP contribution in [0, 0.1) is 0 Å². The maximum Gasteiger partial charge on any atom is 0.310 e. The van der Waals surface area contributed by atoms with Gasteiger partial charge in [-0.05, 0) is 55.2 Å². The highest BCUT2D eigenvalue weighted by atomic mass is 16.5. The minimum atomic E-state index is -0.798. The fourth-order valence-corrected chi connectivity index (χ4v) is 4.17. The van der Waals surface area contributed by atoms with Gasteiger partial charge < -0.3 is 9.84 Å². The maximum absolute atomic E-state index is 11.5. The molecule has 0 fully saturated rings. The van der Waals surface area contributed by atoms with Gasteiger partial charge in [-0.25, -0.2) is 0 Å². The molecule has 2 heterocycles. The van der Waals surface area contributed by atoms with Gasteiger partial charge in [-0.1, -0.05) is 52.0 Å². The molecule has 180 valence electrons. The summed E-state index contributed by atoms with van der Waals surface area (Å²) < 4.78 is 4.97. The SMILES string of the molecule is CC1=Nc2ccc(CC(=O)O)cc2C1(C)C.CCOC(=O)Cc1ccc2c(c1)C(C)(C)C(C)=N2. The van der Waals surface area contributed by atoms with E-state index in [2.05, 4.69) is 43.7 Å². The summed E-state index contributed by atoms with van der Waals surface area (Å²) in [6.45, 7) is 14.8. The van der Waals surface area contributed by atoms with E-state index < -0.39 is 5.97 Å². The average molecular weight is 463 g/mol. The highest BCUT2D eigenvalue weighted by molar-refractivity contribution is 6.00. The summed E-state index contributed by atoms with van der Waals surface area (Å²) in [4.78, 5) is 31.2. The Bertz CT molecular complexity index is 1190. The Balaban J connectivity index is 0.000000192. The van der Waals surface area contributed by atoms with Crippen LogP contribution in [-0.2, 0) is 38.0 Å². The van der Waals surface area contributed by atoms with Crippen LogP contribution in [0.5, 0.6) is 0 Å². The number of rotatable bonds is 5. The normalized spacial score (nSPS) is 16.4. The first-order valence-electron chi connectivity index (χ1n) is 11.6. The van der Waals surface area contributed by atoms with Crippen LogP contribution in [0.4, 0.5) is 11.4 Å². The molecular formula is C28H34N2O4. The zero-order chi connectivity index (χ0) is 25.3. The van der Waals surface area contributed by atoms with Crippen LogP contribution in [0.1, 0.15) is 70.7 Å². The Hall–Kier alpha value is -3.28. The highest BCUT2D eigenvalue weighted by Crippen LogP contribution is 2.41. The molecule has 2 aromatic rings. The number of fused-ring (bicyclic) bond motifs is 2. The van der Waals surface area contributed by atoms with Crippen molar-refractivity contribution in [3.8, 4) is 0 Å². The molecule has 0 spiro atoms. The molecule has 6 heteroatoms. The van der Waals surface area contributed by atoms with E-state index in [1.807, 2.05) is 51.1 Å². The van der Waals surface area contributed by atoms with E-state index >= 15 is 0 Å². The average Bonchev–Trinajstić information content (AvgIpc) is 3.11. The van der Waals surface area contributed by atoms with E-state index in [-0.39, 0.29) is 23.2 Å². The number of hydrogen-bond donors (Lipinski definition) is 1. The number of ether oxygens (including phenoxy) is 1. The molecule has 0 aliphatic carbocycles. The molecule has 2 aromatic carbocycles. The summed E-state index contributed by atoms with van der Waals surface area (Å²) in [6.07, 6.45) is 0.401. The second-order valence-electron chi connectivity index (χ2n) is 9.90. The van der Waals surface area contributed by atoms with E-state index in [4.69, 9.17) is 9.84 Å². The third-order valence-electron chi connectivity index (χ3n) is 6.86. The Morgan fingerprint density at radius 2 is 1.26 bits per heavy atom. The Labute approximate surface area is 201 Å². The second-order valence-corrected chi connectivity index (χ2v) is 9.90. The summed E-state index contributed by atoms with van der Waals surface area (Å²) in [5.41, 5.74) is 8.21. The summed E-state index contributed by atoms with van der Waals surface area (Å²) in [7, 11) is 0. The fraction of sp³-hybridized carbons (Fsp3) is 0.429. The number of carbonyl (C=O) groups excluding carboxylic acids is 1. The van der Waals surface area contributed by atoms with E-state index in [1.54, 1.807) is 0 Å². The molecule has 0 aromatic heterocycles. The van der Waals surface area contributed by atoms with Crippen molar-refractivity contribution in [3.05, 3.63) is 58.7 Å². The molecule has 0 amide bonds. The van der Waals surface area contributed by atoms with Gasteiger partial charge in [-0.15, -0.1) is 0 Å². The van der Waals surface area contributed by atoms with Crippen LogP contribution in [0.2, 0.25) is 0 Å². The lowest BCUT2D eigenvalue weighted by molar-refractivity contribution is -0.142. The summed E-state index contributed by atoms with van der Waals surface area (Å²) in [5.74, 6) is -0.973. The highest BCUT2D eigenvalue weighted by Gasteiger charge is 2.33. The number of carboxylic acid groups (broad SMARTS) is 1. The van der Waals surface area contributed by atoms with Gasteiger partial charge in [0.1, 0.15) is 0 Å². The first-order chi connectivity index (χ1) is 15.9. The van der Waals surface area contributed by atoms with Crippen LogP contribution in [-0.4, -0.2) is 35.1 Å². The summed E-state index contributed by atoms with van der Waals surface area (Å²) in [5, 5.41) is 8.77. The molecule has 2 aliphatic rings. The lowest BCUT2D eigenvalue weighted by Crippen LogP contribution is -2.22. The van der Waals surface area contributed by atoms with Crippen molar-refractivity contribution in [1.29, 1.82) is 0 Å². The Kier molecular flexibility index (Phi) is 7.10. The first kappa shape index (κ1) is 25.3. The standard InChI is InChI=1S/C15H19NO2.C13H15NO2/c1-5-18-14(17)9-11-6-7-13-12(8-11)15(3,4)10(2)16-13;1-8-13(2,3)10-6-9(7-12(15)16)4-5-11(10)14-8/h6-8H,5,9H2,1-4H3;4-6H,7H2,1-3H3,(H,15,16). The van der Waals surface area contributed by atoms with Crippen molar-refractivity contribution in [2.24, 2.45) is 9.98 Å². The second kappa shape index (κ2) is 9.53. The van der Waals surface area contributed by atoms with Crippen LogP contribution in [0.3, 0.4) is 0 Å².